The fourth-order valence-corrected chi connectivity index (χ4v) is 3.84. The first-order valence-electron chi connectivity index (χ1n) is 11.4. The summed E-state index contributed by atoms with van der Waals surface area (Å²) in [7, 11) is 0. The molecular weight excluding hydrogens is 539 g/mol. The third-order valence-corrected chi connectivity index (χ3v) is 5.63. The zero-order chi connectivity index (χ0) is 28.6. The largest absolute Gasteiger partial charge is 0.490 e. The Hall–Kier alpha value is -4.40. The van der Waals surface area contributed by atoms with Gasteiger partial charge in [0, 0.05) is 17.9 Å². The molecule has 0 unspecified atom stereocenters. The summed E-state index contributed by atoms with van der Waals surface area (Å²) < 4.78 is 33.4. The molecule has 0 aliphatic rings. The van der Waals surface area contributed by atoms with E-state index in [1.54, 1.807) is 40.7 Å². The Kier molecular flexibility index (Phi) is 9.65. The number of aromatic nitrogens is 5. The molecule has 0 fully saturated rings. The number of aromatic amines is 1. The number of halogens is 3. The first kappa shape index (κ1) is 29.2. The molecule has 0 atom stereocenters. The summed E-state index contributed by atoms with van der Waals surface area (Å²) in [5.41, 5.74) is 4.01. The van der Waals surface area contributed by atoms with Crippen LogP contribution in [0.4, 0.5) is 13.2 Å². The third-order valence-electron chi connectivity index (χ3n) is 5.07. The van der Waals surface area contributed by atoms with E-state index in [4.69, 9.17) is 9.90 Å². The third kappa shape index (κ3) is 7.56. The number of carbonyl (C=O) groups is 3. The first-order chi connectivity index (χ1) is 18.5. The Morgan fingerprint density at radius 3 is 2.31 bits per heavy atom. The van der Waals surface area contributed by atoms with Crippen LogP contribution in [-0.2, 0) is 17.1 Å². The van der Waals surface area contributed by atoms with E-state index in [2.05, 4.69) is 30.9 Å². The molecule has 2 heterocycles. The van der Waals surface area contributed by atoms with Crippen molar-refractivity contribution in [1.82, 2.24) is 35.6 Å². The number of aliphatic carboxylic acids is 1. The van der Waals surface area contributed by atoms with Gasteiger partial charge in [-0.2, -0.15) is 24.9 Å². The van der Waals surface area contributed by atoms with Crippen LogP contribution in [0.25, 0.3) is 16.7 Å². The number of nitrogens with one attached hydrogen (secondary N) is 3. The lowest BCUT2D eigenvalue weighted by atomic mass is 10.2. The highest BCUT2D eigenvalue weighted by atomic mass is 32.2. The van der Waals surface area contributed by atoms with Gasteiger partial charge in [-0.05, 0) is 49.6 Å². The zero-order valence-electron chi connectivity index (χ0n) is 20.7. The maximum absolute atomic E-state index is 12.9. The lowest BCUT2D eigenvalue weighted by Crippen LogP contribution is -2.25. The maximum Gasteiger partial charge on any atom is 0.490 e. The van der Waals surface area contributed by atoms with Crippen LogP contribution in [0.15, 0.2) is 48.5 Å². The van der Waals surface area contributed by atoms with Crippen molar-refractivity contribution < 1.29 is 32.7 Å². The number of carboxylic acid groups (broad SMARTS) is 1. The fourth-order valence-electron chi connectivity index (χ4n) is 3.31. The van der Waals surface area contributed by atoms with Gasteiger partial charge in [0.25, 0.3) is 11.8 Å². The monoisotopic (exact) mass is 563 g/mol. The van der Waals surface area contributed by atoms with Crippen molar-refractivity contribution in [3.05, 3.63) is 71.3 Å². The van der Waals surface area contributed by atoms with Crippen molar-refractivity contribution >= 4 is 40.6 Å². The second-order valence-electron chi connectivity index (χ2n) is 7.82. The molecule has 4 aromatic rings. The van der Waals surface area contributed by atoms with Crippen LogP contribution in [0.1, 0.15) is 39.3 Å². The predicted octanol–water partition coefficient (Wildman–Crippen LogP) is 3.32. The number of para-hydroxylation sites is 2. The fraction of sp³-hybridized carbons (Fsp3) is 0.250. The highest BCUT2D eigenvalue weighted by molar-refractivity contribution is 7.97. The maximum atomic E-state index is 12.9. The number of H-pyrrole nitrogens is 1. The number of imidazole rings is 1. The smallest absolute Gasteiger partial charge is 0.475 e. The summed E-state index contributed by atoms with van der Waals surface area (Å²) in [6.45, 7) is 2.69. The van der Waals surface area contributed by atoms with Crippen LogP contribution >= 0.6 is 11.8 Å². The molecule has 206 valence electrons. The molecule has 0 saturated carbocycles. The SMILES string of the molecule is CCNC(=O)c1ccc(-n2nnc(C(=O)NCc3nc4ccccc4[nH]3)c2CSC)cc1.O=C(O)C(F)(F)F. The summed E-state index contributed by atoms with van der Waals surface area (Å²) in [6, 6.07) is 14.7. The van der Waals surface area contributed by atoms with E-state index in [1.807, 2.05) is 37.4 Å². The summed E-state index contributed by atoms with van der Waals surface area (Å²) in [5.74, 6) is -1.99. The van der Waals surface area contributed by atoms with E-state index in [-0.39, 0.29) is 24.1 Å². The quantitative estimate of drug-likeness (QED) is 0.255. The number of carbonyl (C=O) groups excluding carboxylic acids is 2. The molecule has 2 aromatic heterocycles. The molecule has 2 aromatic carbocycles. The van der Waals surface area contributed by atoms with E-state index < -0.39 is 12.1 Å². The van der Waals surface area contributed by atoms with Crippen molar-refractivity contribution in [1.29, 1.82) is 0 Å². The average Bonchev–Trinajstić information content (AvgIpc) is 3.51. The number of hydrogen-bond donors (Lipinski definition) is 4. The molecular formula is C24H24F3N7O4S. The summed E-state index contributed by atoms with van der Waals surface area (Å²) in [5, 5.41) is 21.1. The lowest BCUT2D eigenvalue weighted by molar-refractivity contribution is -0.192. The molecule has 0 bridgehead atoms. The van der Waals surface area contributed by atoms with E-state index in [0.717, 1.165) is 16.7 Å². The molecule has 0 saturated heterocycles. The standard InChI is InChI=1S/C22H23N7O2S.C2HF3O2/c1-3-23-21(30)14-8-10-15(11-9-14)29-18(13-32-2)20(27-28-29)22(31)24-12-19-25-16-6-4-5-7-17(16)26-19;3-2(4,5)1(6)7/h4-11H,3,12-13H2,1-2H3,(H,23,30)(H,24,31)(H,25,26);(H,6,7). The van der Waals surface area contributed by atoms with E-state index in [9.17, 15) is 22.8 Å². The number of benzene rings is 2. The Labute approximate surface area is 224 Å². The van der Waals surface area contributed by atoms with Crippen molar-refractivity contribution in [2.75, 3.05) is 12.8 Å². The van der Waals surface area contributed by atoms with Gasteiger partial charge in [0.1, 0.15) is 5.82 Å². The number of hydrogen-bond acceptors (Lipinski definition) is 7. The van der Waals surface area contributed by atoms with Gasteiger partial charge in [-0.3, -0.25) is 9.59 Å². The van der Waals surface area contributed by atoms with Gasteiger partial charge < -0.3 is 20.7 Å². The van der Waals surface area contributed by atoms with Crippen LogP contribution in [0.5, 0.6) is 0 Å². The van der Waals surface area contributed by atoms with Crippen LogP contribution in [0.3, 0.4) is 0 Å². The van der Waals surface area contributed by atoms with Crippen LogP contribution < -0.4 is 10.6 Å². The molecule has 39 heavy (non-hydrogen) atoms. The van der Waals surface area contributed by atoms with Crippen molar-refractivity contribution in [3.63, 3.8) is 0 Å². The normalized spacial score (nSPS) is 11.0. The molecule has 11 nitrogen and oxygen atoms in total. The Morgan fingerprint density at radius 1 is 1.05 bits per heavy atom. The summed E-state index contributed by atoms with van der Waals surface area (Å²) in [6.07, 6.45) is -3.13. The van der Waals surface area contributed by atoms with Crippen molar-refractivity contribution in [2.24, 2.45) is 0 Å². The van der Waals surface area contributed by atoms with Crippen molar-refractivity contribution in [3.8, 4) is 5.69 Å². The van der Waals surface area contributed by atoms with Crippen molar-refractivity contribution in [2.45, 2.75) is 25.4 Å². The molecule has 15 heteroatoms. The highest BCUT2D eigenvalue weighted by Crippen LogP contribution is 2.19. The number of nitrogens with zero attached hydrogens (tertiary/aromatic N) is 4. The molecule has 4 N–H and O–H groups in total. The minimum absolute atomic E-state index is 0.132. The summed E-state index contributed by atoms with van der Waals surface area (Å²) >= 11 is 1.57. The molecule has 4 rings (SSSR count). The van der Waals surface area contributed by atoms with Crippen LogP contribution in [0, 0.1) is 0 Å². The second kappa shape index (κ2) is 12.9. The first-order valence-corrected chi connectivity index (χ1v) is 12.8. The van der Waals surface area contributed by atoms with Gasteiger partial charge in [-0.1, -0.05) is 17.3 Å². The minimum atomic E-state index is -5.08. The number of rotatable bonds is 8. The predicted molar refractivity (Wildman–Crippen MR) is 138 cm³/mol. The van der Waals surface area contributed by atoms with Crippen LogP contribution in [-0.4, -0.2) is 66.8 Å². The van der Waals surface area contributed by atoms with Crippen LogP contribution in [0.2, 0.25) is 0 Å². The molecule has 0 aliphatic carbocycles. The number of carboxylic acids is 1. The topological polar surface area (TPSA) is 155 Å². The zero-order valence-corrected chi connectivity index (χ0v) is 21.6. The molecule has 0 radical (unpaired) electrons. The average molecular weight is 564 g/mol. The molecule has 0 spiro atoms. The Morgan fingerprint density at radius 2 is 1.72 bits per heavy atom. The number of fused-ring (bicyclic) bond motifs is 1. The Bertz CT molecular complexity index is 1420. The lowest BCUT2D eigenvalue weighted by Gasteiger charge is -2.08. The van der Waals surface area contributed by atoms with Gasteiger partial charge in [0.2, 0.25) is 0 Å². The van der Waals surface area contributed by atoms with Gasteiger partial charge in [0.15, 0.2) is 5.69 Å². The number of amides is 2. The molecule has 2 amide bonds. The molecule has 0 aliphatic heterocycles. The number of alkyl halides is 3. The van der Waals surface area contributed by atoms with Gasteiger partial charge in [0.05, 0.1) is 29.0 Å². The van der Waals surface area contributed by atoms with E-state index in [1.165, 1.54) is 0 Å². The Balaban J connectivity index is 0.000000532. The number of thioether (sulfide) groups is 1. The van der Waals surface area contributed by atoms with Gasteiger partial charge in [-0.25, -0.2) is 14.5 Å². The van der Waals surface area contributed by atoms with Gasteiger partial charge >= 0.3 is 12.1 Å². The summed E-state index contributed by atoms with van der Waals surface area (Å²) in [4.78, 5) is 41.4. The van der Waals surface area contributed by atoms with E-state index in [0.29, 0.717) is 29.4 Å². The highest BCUT2D eigenvalue weighted by Gasteiger charge is 2.38. The van der Waals surface area contributed by atoms with E-state index >= 15 is 0 Å². The second-order valence-corrected chi connectivity index (χ2v) is 8.69. The minimum Gasteiger partial charge on any atom is -0.475 e. The van der Waals surface area contributed by atoms with Gasteiger partial charge in [-0.15, -0.1) is 5.10 Å².